The molecule has 2 aromatic rings. The first kappa shape index (κ1) is 12.0. The Hall–Kier alpha value is -1.48. The highest BCUT2D eigenvalue weighted by atomic mass is 79.9. The molecule has 0 spiro atoms. The summed E-state index contributed by atoms with van der Waals surface area (Å²) in [4.78, 5) is 0. The molecule has 0 saturated heterocycles. The molecule has 0 radical (unpaired) electrons. The molecule has 2 nitrogen and oxygen atoms in total. The lowest BCUT2D eigenvalue weighted by atomic mass is 10.2. The largest absolute Gasteiger partial charge is 0.388 e. The zero-order valence-corrected chi connectivity index (χ0v) is 11.5. The van der Waals surface area contributed by atoms with Crippen molar-refractivity contribution in [1.82, 2.24) is 0 Å². The quantitative estimate of drug-likeness (QED) is 0.867. The van der Waals surface area contributed by atoms with Crippen LogP contribution >= 0.6 is 15.9 Å². The Morgan fingerprint density at radius 3 is 2.47 bits per heavy atom. The third kappa shape index (κ3) is 3.01. The fraction of sp³-hybridized carbons (Fsp3) is 0.143. The van der Waals surface area contributed by atoms with Gasteiger partial charge in [0, 0.05) is 22.9 Å². The Bertz CT molecular complexity index is 523. The smallest absolute Gasteiger partial charge is 0.0528 e. The maximum absolute atomic E-state index is 3.56. The van der Waals surface area contributed by atoms with Gasteiger partial charge >= 0.3 is 0 Å². The molecular weight excluding hydrogens is 276 g/mol. The van der Waals surface area contributed by atoms with Gasteiger partial charge in [0.25, 0.3) is 0 Å². The van der Waals surface area contributed by atoms with Crippen LogP contribution in [0.3, 0.4) is 0 Å². The minimum Gasteiger partial charge on any atom is -0.388 e. The molecule has 0 unspecified atom stereocenters. The average molecular weight is 291 g/mol. The molecule has 88 valence electrons. The average Bonchev–Trinajstić information content (AvgIpc) is 2.33. The third-order valence-corrected chi connectivity index (χ3v) is 3.21. The lowest BCUT2D eigenvalue weighted by molar-refractivity contribution is 1.43. The van der Waals surface area contributed by atoms with E-state index >= 15 is 0 Å². The standard InChI is InChI=1S/C14H15BrN2/c1-10-6-7-14(13(15)8-10)17-12-5-3-4-11(9-12)16-2/h3-9,16-17H,1-2H3. The van der Waals surface area contributed by atoms with E-state index in [4.69, 9.17) is 0 Å². The molecule has 0 fully saturated rings. The summed E-state index contributed by atoms with van der Waals surface area (Å²) < 4.78 is 1.08. The summed E-state index contributed by atoms with van der Waals surface area (Å²) in [6.45, 7) is 2.08. The molecule has 0 atom stereocenters. The Kier molecular flexibility index (Phi) is 3.69. The summed E-state index contributed by atoms with van der Waals surface area (Å²) in [6.07, 6.45) is 0. The minimum absolute atomic E-state index is 1.07. The molecule has 0 bridgehead atoms. The van der Waals surface area contributed by atoms with Crippen molar-refractivity contribution in [3.63, 3.8) is 0 Å². The second-order valence-corrected chi connectivity index (χ2v) is 4.79. The number of benzene rings is 2. The molecule has 2 aromatic carbocycles. The first-order valence-corrected chi connectivity index (χ1v) is 6.29. The van der Waals surface area contributed by atoms with Crippen LogP contribution in [0.25, 0.3) is 0 Å². The van der Waals surface area contributed by atoms with Crippen LogP contribution < -0.4 is 10.6 Å². The molecule has 0 saturated carbocycles. The molecule has 0 aromatic heterocycles. The van der Waals surface area contributed by atoms with Crippen LogP contribution in [0.1, 0.15) is 5.56 Å². The summed E-state index contributed by atoms with van der Waals surface area (Å²) in [5.74, 6) is 0. The van der Waals surface area contributed by atoms with Gasteiger partial charge in [-0.05, 0) is 58.7 Å². The van der Waals surface area contributed by atoms with Gasteiger partial charge in [0.05, 0.1) is 5.69 Å². The number of rotatable bonds is 3. The number of halogens is 1. The Morgan fingerprint density at radius 2 is 1.76 bits per heavy atom. The van der Waals surface area contributed by atoms with Gasteiger partial charge < -0.3 is 10.6 Å². The van der Waals surface area contributed by atoms with E-state index in [0.29, 0.717) is 0 Å². The van der Waals surface area contributed by atoms with Crippen LogP contribution in [0.2, 0.25) is 0 Å². The molecule has 2 rings (SSSR count). The lowest BCUT2D eigenvalue weighted by Gasteiger charge is -2.10. The molecule has 2 N–H and O–H groups in total. The molecule has 0 heterocycles. The minimum atomic E-state index is 1.07. The first-order chi connectivity index (χ1) is 8.19. The van der Waals surface area contributed by atoms with Gasteiger partial charge in [-0.3, -0.25) is 0 Å². The zero-order chi connectivity index (χ0) is 12.3. The Balaban J connectivity index is 2.25. The van der Waals surface area contributed by atoms with E-state index in [9.17, 15) is 0 Å². The molecule has 3 heteroatoms. The van der Waals surface area contributed by atoms with Gasteiger partial charge in [-0.15, -0.1) is 0 Å². The molecule has 17 heavy (non-hydrogen) atoms. The van der Waals surface area contributed by atoms with E-state index in [1.807, 2.05) is 25.2 Å². The van der Waals surface area contributed by atoms with E-state index < -0.39 is 0 Å². The van der Waals surface area contributed by atoms with Gasteiger partial charge in [-0.25, -0.2) is 0 Å². The van der Waals surface area contributed by atoms with Gasteiger partial charge in [0.1, 0.15) is 0 Å². The van der Waals surface area contributed by atoms with E-state index in [1.54, 1.807) is 0 Å². The second kappa shape index (κ2) is 5.23. The first-order valence-electron chi connectivity index (χ1n) is 5.50. The van der Waals surface area contributed by atoms with Crippen molar-refractivity contribution in [3.05, 3.63) is 52.5 Å². The predicted octanol–water partition coefficient (Wildman–Crippen LogP) is 4.54. The van der Waals surface area contributed by atoms with Crippen molar-refractivity contribution in [2.75, 3.05) is 17.7 Å². The highest BCUT2D eigenvalue weighted by Crippen LogP contribution is 2.27. The van der Waals surface area contributed by atoms with Crippen LogP contribution in [0.15, 0.2) is 46.9 Å². The van der Waals surface area contributed by atoms with E-state index in [2.05, 4.69) is 57.8 Å². The van der Waals surface area contributed by atoms with E-state index in [-0.39, 0.29) is 0 Å². The van der Waals surface area contributed by atoms with E-state index in [0.717, 1.165) is 21.5 Å². The molecule has 0 aliphatic heterocycles. The number of aryl methyl sites for hydroxylation is 1. The van der Waals surface area contributed by atoms with Crippen molar-refractivity contribution in [2.45, 2.75) is 6.92 Å². The predicted molar refractivity (Wildman–Crippen MR) is 78.2 cm³/mol. The number of hydrogen-bond acceptors (Lipinski definition) is 2. The Labute approximate surface area is 110 Å². The summed E-state index contributed by atoms with van der Waals surface area (Å²) in [7, 11) is 1.92. The van der Waals surface area contributed by atoms with Gasteiger partial charge in [0.15, 0.2) is 0 Å². The third-order valence-electron chi connectivity index (χ3n) is 2.55. The molecular formula is C14H15BrN2. The van der Waals surface area contributed by atoms with Crippen LogP contribution in [0.5, 0.6) is 0 Å². The Morgan fingerprint density at radius 1 is 1.00 bits per heavy atom. The van der Waals surface area contributed by atoms with Gasteiger partial charge in [0.2, 0.25) is 0 Å². The van der Waals surface area contributed by atoms with Crippen molar-refractivity contribution < 1.29 is 0 Å². The normalized spacial score (nSPS) is 10.1. The monoisotopic (exact) mass is 290 g/mol. The summed E-state index contributed by atoms with van der Waals surface area (Å²) in [5, 5.41) is 6.51. The van der Waals surface area contributed by atoms with Gasteiger partial charge in [-0.2, -0.15) is 0 Å². The highest BCUT2D eigenvalue weighted by Gasteiger charge is 2.00. The van der Waals surface area contributed by atoms with Crippen LogP contribution in [0, 0.1) is 6.92 Å². The summed E-state index contributed by atoms with van der Waals surface area (Å²) in [6, 6.07) is 14.5. The zero-order valence-electron chi connectivity index (χ0n) is 9.92. The number of hydrogen-bond donors (Lipinski definition) is 2. The van der Waals surface area contributed by atoms with Crippen molar-refractivity contribution in [2.24, 2.45) is 0 Å². The van der Waals surface area contributed by atoms with Crippen molar-refractivity contribution >= 4 is 33.0 Å². The molecule has 0 aliphatic carbocycles. The fourth-order valence-electron chi connectivity index (χ4n) is 1.63. The molecule has 0 amide bonds. The van der Waals surface area contributed by atoms with Crippen molar-refractivity contribution in [1.29, 1.82) is 0 Å². The van der Waals surface area contributed by atoms with Crippen molar-refractivity contribution in [3.8, 4) is 0 Å². The topological polar surface area (TPSA) is 24.1 Å². The maximum Gasteiger partial charge on any atom is 0.0528 e. The number of nitrogens with one attached hydrogen (secondary N) is 2. The van der Waals surface area contributed by atoms with Crippen LogP contribution in [-0.2, 0) is 0 Å². The fourth-order valence-corrected chi connectivity index (χ4v) is 2.22. The summed E-state index contributed by atoms with van der Waals surface area (Å²) in [5.41, 5.74) is 4.48. The second-order valence-electron chi connectivity index (χ2n) is 3.94. The number of anilines is 3. The summed E-state index contributed by atoms with van der Waals surface area (Å²) >= 11 is 3.56. The van der Waals surface area contributed by atoms with E-state index in [1.165, 1.54) is 5.56 Å². The maximum atomic E-state index is 3.56. The van der Waals surface area contributed by atoms with Crippen LogP contribution in [-0.4, -0.2) is 7.05 Å². The molecule has 0 aliphatic rings. The van der Waals surface area contributed by atoms with Crippen LogP contribution in [0.4, 0.5) is 17.1 Å². The lowest BCUT2D eigenvalue weighted by Crippen LogP contribution is -1.93. The SMILES string of the molecule is CNc1cccc(Nc2ccc(C)cc2Br)c1. The van der Waals surface area contributed by atoms with Gasteiger partial charge in [-0.1, -0.05) is 12.1 Å². The highest BCUT2D eigenvalue weighted by molar-refractivity contribution is 9.10.